The van der Waals surface area contributed by atoms with Crippen LogP contribution in [0.3, 0.4) is 0 Å². The van der Waals surface area contributed by atoms with Crippen LogP contribution in [0.1, 0.15) is 12.8 Å². The number of carbonyl (C=O) groups excluding carboxylic acids is 1. The largest absolute Gasteiger partial charge is 0.303 e. The van der Waals surface area contributed by atoms with Gasteiger partial charge in [-0.1, -0.05) is 6.08 Å². The molecule has 0 bridgehead atoms. The number of nitrogens with zero attached hydrogens (tertiary/aromatic N) is 2. The molecule has 88 valence electrons. The van der Waals surface area contributed by atoms with Crippen LogP contribution in [-0.4, -0.2) is 55.2 Å². The molecule has 0 amide bonds. The third-order valence-corrected chi connectivity index (χ3v) is 2.32. The van der Waals surface area contributed by atoms with Gasteiger partial charge in [0.1, 0.15) is 0 Å². The van der Waals surface area contributed by atoms with Gasteiger partial charge in [0, 0.05) is 6.54 Å². The maximum absolute atomic E-state index is 10.7. The molecule has 0 saturated carbocycles. The highest BCUT2D eigenvalue weighted by molar-refractivity contribution is 7.96. The summed E-state index contributed by atoms with van der Waals surface area (Å²) in [4.78, 5) is 14.9. The van der Waals surface area contributed by atoms with E-state index in [1.54, 1.807) is 0 Å². The zero-order valence-corrected chi connectivity index (χ0v) is 10.7. The fraction of sp³-hybridized carbons (Fsp3) is 0.727. The van der Waals surface area contributed by atoms with Crippen molar-refractivity contribution in [3.8, 4) is 0 Å². The third-order valence-electron chi connectivity index (χ3n) is 2.18. The Hall–Kier alpha value is -0.320. The van der Waals surface area contributed by atoms with Crippen LogP contribution >= 0.6 is 12.6 Å². The normalized spacial score (nSPS) is 11.0. The van der Waals surface area contributed by atoms with Crippen LogP contribution in [0.15, 0.2) is 12.7 Å². The second-order valence-electron chi connectivity index (χ2n) is 3.89. The zero-order chi connectivity index (χ0) is 11.7. The van der Waals surface area contributed by atoms with E-state index >= 15 is 0 Å². The van der Waals surface area contributed by atoms with Gasteiger partial charge < -0.3 is 4.90 Å². The van der Waals surface area contributed by atoms with Crippen LogP contribution in [-0.2, 0) is 4.79 Å². The van der Waals surface area contributed by atoms with Gasteiger partial charge in [-0.3, -0.25) is 9.69 Å². The van der Waals surface area contributed by atoms with E-state index in [4.69, 9.17) is 0 Å². The predicted molar refractivity (Wildman–Crippen MR) is 68.4 cm³/mol. The van der Waals surface area contributed by atoms with E-state index in [-0.39, 0.29) is 5.12 Å². The Bertz CT molecular complexity index is 197. The molecule has 0 heterocycles. The maximum Gasteiger partial charge on any atom is 0.199 e. The van der Waals surface area contributed by atoms with E-state index in [0.717, 1.165) is 32.5 Å². The summed E-state index contributed by atoms with van der Waals surface area (Å²) >= 11 is 3.74. The molecule has 0 N–H and O–H groups in total. The Balaban J connectivity index is 3.37. The van der Waals surface area contributed by atoms with Crippen molar-refractivity contribution in [2.24, 2.45) is 0 Å². The maximum atomic E-state index is 10.7. The van der Waals surface area contributed by atoms with Gasteiger partial charge in [0.25, 0.3) is 0 Å². The average Bonchev–Trinajstić information content (AvgIpc) is 2.12. The number of hydrogen-bond acceptors (Lipinski definition) is 3. The minimum Gasteiger partial charge on any atom is -0.303 e. The van der Waals surface area contributed by atoms with E-state index in [1.165, 1.54) is 0 Å². The smallest absolute Gasteiger partial charge is 0.199 e. The molecule has 15 heavy (non-hydrogen) atoms. The fourth-order valence-corrected chi connectivity index (χ4v) is 1.63. The van der Waals surface area contributed by atoms with Crippen molar-refractivity contribution in [1.29, 1.82) is 0 Å². The molecule has 0 fully saturated rings. The van der Waals surface area contributed by atoms with E-state index in [2.05, 4.69) is 31.2 Å². The molecule has 0 aromatic carbocycles. The molecule has 0 saturated heterocycles. The number of thiol groups is 1. The molecule has 0 atom stereocenters. The summed E-state index contributed by atoms with van der Waals surface area (Å²) in [5, 5.41) is -0.0683. The lowest BCUT2D eigenvalue weighted by molar-refractivity contribution is -0.111. The highest BCUT2D eigenvalue weighted by Crippen LogP contribution is 1.96. The van der Waals surface area contributed by atoms with Crippen LogP contribution in [0, 0.1) is 0 Å². The topological polar surface area (TPSA) is 23.6 Å². The van der Waals surface area contributed by atoms with Crippen molar-refractivity contribution < 1.29 is 4.79 Å². The Labute approximate surface area is 98.5 Å². The van der Waals surface area contributed by atoms with Crippen LogP contribution in [0.4, 0.5) is 0 Å². The minimum absolute atomic E-state index is 0.0683. The summed E-state index contributed by atoms with van der Waals surface area (Å²) < 4.78 is 0. The molecule has 3 nitrogen and oxygen atoms in total. The molecular weight excluding hydrogens is 208 g/mol. The molecule has 0 rings (SSSR count). The van der Waals surface area contributed by atoms with Crippen molar-refractivity contribution in [2.45, 2.75) is 12.8 Å². The number of unbranched alkanes of at least 4 members (excludes halogenated alkanes) is 1. The van der Waals surface area contributed by atoms with E-state index < -0.39 is 0 Å². The SMILES string of the molecule is C=CCN(C)CCCCN(C)CC(=O)S. The number of hydrogen-bond donors (Lipinski definition) is 1. The molecule has 4 heteroatoms. The number of likely N-dealkylation sites (N-methyl/N-ethyl adjacent to an activating group) is 2. The first-order valence-corrected chi connectivity index (χ1v) is 5.70. The van der Waals surface area contributed by atoms with Crippen LogP contribution in [0.25, 0.3) is 0 Å². The van der Waals surface area contributed by atoms with Crippen molar-refractivity contribution >= 4 is 17.7 Å². The molecule has 0 unspecified atom stereocenters. The minimum atomic E-state index is -0.0683. The Morgan fingerprint density at radius 2 is 1.80 bits per heavy atom. The quantitative estimate of drug-likeness (QED) is 0.367. The molecule has 0 aromatic heterocycles. The van der Waals surface area contributed by atoms with Gasteiger partial charge in [0.15, 0.2) is 5.12 Å². The van der Waals surface area contributed by atoms with E-state index in [0.29, 0.717) is 6.54 Å². The molecule has 0 spiro atoms. The van der Waals surface area contributed by atoms with Gasteiger partial charge in [-0.2, -0.15) is 0 Å². The zero-order valence-electron chi connectivity index (χ0n) is 9.78. The number of carbonyl (C=O) groups is 1. The van der Waals surface area contributed by atoms with Gasteiger partial charge in [0.05, 0.1) is 6.54 Å². The second kappa shape index (κ2) is 8.95. The van der Waals surface area contributed by atoms with E-state index in [1.807, 2.05) is 18.0 Å². The fourth-order valence-electron chi connectivity index (χ4n) is 1.39. The highest BCUT2D eigenvalue weighted by Gasteiger charge is 2.02. The lowest BCUT2D eigenvalue weighted by Gasteiger charge is -2.16. The molecular formula is C11H22N2OS. The van der Waals surface area contributed by atoms with Gasteiger partial charge >= 0.3 is 0 Å². The summed E-state index contributed by atoms with van der Waals surface area (Å²) in [5.41, 5.74) is 0. The second-order valence-corrected chi connectivity index (χ2v) is 4.39. The molecule has 0 radical (unpaired) electrons. The molecule has 0 aliphatic heterocycles. The average molecular weight is 230 g/mol. The van der Waals surface area contributed by atoms with Gasteiger partial charge in [-0.25, -0.2) is 0 Å². The molecule has 0 aliphatic rings. The third kappa shape index (κ3) is 9.97. The summed E-state index contributed by atoms with van der Waals surface area (Å²) in [6.07, 6.45) is 4.17. The Kier molecular flexibility index (Phi) is 8.76. The Morgan fingerprint density at radius 3 is 2.27 bits per heavy atom. The van der Waals surface area contributed by atoms with Crippen LogP contribution in [0.5, 0.6) is 0 Å². The lowest BCUT2D eigenvalue weighted by Crippen LogP contribution is -2.26. The summed E-state index contributed by atoms with van der Waals surface area (Å²) in [6, 6.07) is 0. The first kappa shape index (κ1) is 14.7. The number of rotatable bonds is 9. The monoisotopic (exact) mass is 230 g/mol. The van der Waals surface area contributed by atoms with Crippen molar-refractivity contribution in [1.82, 2.24) is 9.80 Å². The summed E-state index contributed by atoms with van der Waals surface area (Å²) in [7, 11) is 4.03. The van der Waals surface area contributed by atoms with Gasteiger partial charge in [-0.15, -0.1) is 19.2 Å². The van der Waals surface area contributed by atoms with Crippen molar-refractivity contribution in [2.75, 3.05) is 40.3 Å². The first-order valence-electron chi connectivity index (χ1n) is 5.26. The first-order chi connectivity index (χ1) is 7.06. The van der Waals surface area contributed by atoms with Gasteiger partial charge in [0.2, 0.25) is 0 Å². The van der Waals surface area contributed by atoms with Crippen molar-refractivity contribution in [3.05, 3.63) is 12.7 Å². The lowest BCUT2D eigenvalue weighted by atomic mass is 10.3. The van der Waals surface area contributed by atoms with Crippen molar-refractivity contribution in [3.63, 3.8) is 0 Å². The summed E-state index contributed by atoms with van der Waals surface area (Å²) in [6.45, 7) is 7.10. The predicted octanol–water partition coefficient (Wildman–Crippen LogP) is 1.27. The van der Waals surface area contributed by atoms with Crippen LogP contribution in [0.2, 0.25) is 0 Å². The molecule has 0 aliphatic carbocycles. The molecule has 0 aromatic rings. The Morgan fingerprint density at radius 1 is 1.27 bits per heavy atom. The van der Waals surface area contributed by atoms with E-state index in [9.17, 15) is 4.79 Å². The van der Waals surface area contributed by atoms with Crippen LogP contribution < -0.4 is 0 Å². The highest BCUT2D eigenvalue weighted by atomic mass is 32.1. The standard InChI is InChI=1S/C11H22N2OS/c1-4-7-12(2)8-5-6-9-13(3)10-11(14)15/h4H,1,5-10H2,2-3H3,(H,14,15). The summed E-state index contributed by atoms with van der Waals surface area (Å²) in [5.74, 6) is 0. The van der Waals surface area contributed by atoms with Gasteiger partial charge in [-0.05, 0) is 40.0 Å².